The summed E-state index contributed by atoms with van der Waals surface area (Å²) >= 11 is 0. The van der Waals surface area contributed by atoms with Gasteiger partial charge < -0.3 is 15.4 Å². The number of fused-ring (bicyclic) bond motifs is 1. The smallest absolute Gasteiger partial charge is 0.278 e. The highest BCUT2D eigenvalue weighted by molar-refractivity contribution is 6.03. The number of aryl methyl sites for hydroxylation is 1. The molecule has 0 aliphatic carbocycles. The lowest BCUT2D eigenvalue weighted by Crippen LogP contribution is -2.30. The Hall–Kier alpha value is -2.12. The lowest BCUT2D eigenvalue weighted by molar-refractivity contribution is 0.102. The SMILES string of the molecule is Cc1c(C(=O)Nc2ccc3c(c2)CCCO3)nnn1C1CCNCC1.Cl. The molecule has 4 rings (SSSR count). The summed E-state index contributed by atoms with van der Waals surface area (Å²) in [7, 11) is 0. The predicted molar refractivity (Wildman–Crippen MR) is 101 cm³/mol. The van der Waals surface area contributed by atoms with E-state index in [0.717, 1.165) is 68.1 Å². The standard InChI is InChI=1S/C18H23N5O2.ClH/c1-12-17(21-22-23(12)15-6-8-19-9-7-15)18(24)20-14-4-5-16-13(11-14)3-2-10-25-16;/h4-5,11,15,19H,2-3,6-10H2,1H3,(H,20,24);1H. The molecule has 0 bridgehead atoms. The first kappa shape index (κ1) is 18.7. The number of nitrogens with zero attached hydrogens (tertiary/aromatic N) is 3. The molecule has 1 amide bonds. The summed E-state index contributed by atoms with van der Waals surface area (Å²) in [4.78, 5) is 12.6. The van der Waals surface area contributed by atoms with Gasteiger partial charge in [0.05, 0.1) is 18.3 Å². The van der Waals surface area contributed by atoms with Crippen LogP contribution in [0.3, 0.4) is 0 Å². The minimum absolute atomic E-state index is 0. The molecule has 0 atom stereocenters. The molecule has 26 heavy (non-hydrogen) atoms. The van der Waals surface area contributed by atoms with Crippen LogP contribution in [0, 0.1) is 6.92 Å². The average Bonchev–Trinajstić information content (AvgIpc) is 3.04. The molecule has 2 aliphatic rings. The maximum absolute atomic E-state index is 12.6. The van der Waals surface area contributed by atoms with Gasteiger partial charge in [0.1, 0.15) is 5.75 Å². The Kier molecular flexibility index (Phi) is 5.78. The number of amides is 1. The number of carbonyl (C=O) groups is 1. The molecule has 1 saturated heterocycles. The molecule has 0 radical (unpaired) electrons. The highest BCUT2D eigenvalue weighted by atomic mass is 35.5. The molecule has 2 aliphatic heterocycles. The molecule has 2 N–H and O–H groups in total. The zero-order valence-corrected chi connectivity index (χ0v) is 15.6. The number of benzene rings is 1. The number of piperidine rings is 1. The zero-order valence-electron chi connectivity index (χ0n) is 14.8. The Morgan fingerprint density at radius 2 is 2.15 bits per heavy atom. The van der Waals surface area contributed by atoms with Gasteiger partial charge in [0, 0.05) is 5.69 Å². The fraction of sp³-hybridized carbons (Fsp3) is 0.500. The lowest BCUT2D eigenvalue weighted by atomic mass is 10.1. The van der Waals surface area contributed by atoms with E-state index in [-0.39, 0.29) is 18.3 Å². The van der Waals surface area contributed by atoms with Gasteiger partial charge in [-0.05, 0) is 69.5 Å². The topological polar surface area (TPSA) is 81.1 Å². The van der Waals surface area contributed by atoms with E-state index in [9.17, 15) is 4.79 Å². The second-order valence-electron chi connectivity index (χ2n) is 6.68. The summed E-state index contributed by atoms with van der Waals surface area (Å²) in [5.41, 5.74) is 3.13. The van der Waals surface area contributed by atoms with Gasteiger partial charge in [-0.25, -0.2) is 4.68 Å². The van der Waals surface area contributed by atoms with Crippen LogP contribution in [0.4, 0.5) is 5.69 Å². The zero-order chi connectivity index (χ0) is 17.2. The molecular weight excluding hydrogens is 354 g/mol. The van der Waals surface area contributed by atoms with Crippen molar-refractivity contribution in [3.8, 4) is 5.75 Å². The normalized spacial score (nSPS) is 17.0. The summed E-state index contributed by atoms with van der Waals surface area (Å²) < 4.78 is 7.51. The number of rotatable bonds is 3. The van der Waals surface area contributed by atoms with Crippen LogP contribution in [0.1, 0.15) is 47.1 Å². The molecule has 1 aromatic heterocycles. The highest BCUT2D eigenvalue weighted by Crippen LogP contribution is 2.28. The minimum atomic E-state index is -0.214. The van der Waals surface area contributed by atoms with E-state index >= 15 is 0 Å². The van der Waals surface area contributed by atoms with Crippen LogP contribution < -0.4 is 15.4 Å². The number of nitrogens with one attached hydrogen (secondary N) is 2. The van der Waals surface area contributed by atoms with Gasteiger partial charge in [0.2, 0.25) is 0 Å². The first-order valence-electron chi connectivity index (χ1n) is 8.92. The molecule has 0 spiro atoms. The maximum Gasteiger partial charge on any atom is 0.278 e. The summed E-state index contributed by atoms with van der Waals surface area (Å²) in [6.45, 7) is 4.63. The Morgan fingerprint density at radius 1 is 1.35 bits per heavy atom. The van der Waals surface area contributed by atoms with Crippen molar-refractivity contribution < 1.29 is 9.53 Å². The number of halogens is 1. The first-order valence-corrected chi connectivity index (χ1v) is 8.92. The molecule has 1 fully saturated rings. The van der Waals surface area contributed by atoms with Gasteiger partial charge >= 0.3 is 0 Å². The Balaban J connectivity index is 0.00000196. The van der Waals surface area contributed by atoms with E-state index in [1.54, 1.807) is 0 Å². The van der Waals surface area contributed by atoms with Gasteiger partial charge in [-0.15, -0.1) is 17.5 Å². The van der Waals surface area contributed by atoms with Gasteiger partial charge in [-0.1, -0.05) is 5.21 Å². The molecule has 2 aromatic rings. The third-order valence-electron chi connectivity index (χ3n) is 4.96. The van der Waals surface area contributed by atoms with Crippen LogP contribution in [0.25, 0.3) is 0 Å². The van der Waals surface area contributed by atoms with Crippen LogP contribution in [-0.2, 0) is 6.42 Å². The van der Waals surface area contributed by atoms with Gasteiger partial charge in [-0.3, -0.25) is 4.79 Å². The summed E-state index contributed by atoms with van der Waals surface area (Å²) in [6.07, 6.45) is 4.00. The van der Waals surface area contributed by atoms with E-state index in [4.69, 9.17) is 4.74 Å². The van der Waals surface area contributed by atoms with Crippen molar-refractivity contribution in [3.05, 3.63) is 35.2 Å². The van der Waals surface area contributed by atoms with E-state index in [0.29, 0.717) is 11.7 Å². The Labute approximate surface area is 158 Å². The Bertz CT molecular complexity index is 786. The Morgan fingerprint density at radius 3 is 2.96 bits per heavy atom. The van der Waals surface area contributed by atoms with Crippen molar-refractivity contribution >= 4 is 24.0 Å². The number of hydrogen-bond donors (Lipinski definition) is 2. The number of aromatic nitrogens is 3. The predicted octanol–water partition coefficient (Wildman–Crippen LogP) is 2.51. The van der Waals surface area contributed by atoms with E-state index in [2.05, 4.69) is 20.9 Å². The fourth-order valence-corrected chi connectivity index (χ4v) is 3.58. The largest absolute Gasteiger partial charge is 0.493 e. The number of hydrogen-bond acceptors (Lipinski definition) is 5. The average molecular weight is 378 g/mol. The van der Waals surface area contributed by atoms with Gasteiger partial charge in [0.25, 0.3) is 5.91 Å². The fourth-order valence-electron chi connectivity index (χ4n) is 3.58. The third-order valence-corrected chi connectivity index (χ3v) is 4.96. The summed E-state index contributed by atoms with van der Waals surface area (Å²) in [5, 5.41) is 14.6. The quantitative estimate of drug-likeness (QED) is 0.859. The highest BCUT2D eigenvalue weighted by Gasteiger charge is 2.23. The molecule has 8 heteroatoms. The van der Waals surface area contributed by atoms with Crippen LogP contribution in [-0.4, -0.2) is 40.6 Å². The van der Waals surface area contributed by atoms with Crippen molar-refractivity contribution in [2.24, 2.45) is 0 Å². The molecular formula is C18H24ClN5O2. The second-order valence-corrected chi connectivity index (χ2v) is 6.68. The number of anilines is 1. The molecule has 7 nitrogen and oxygen atoms in total. The van der Waals surface area contributed by atoms with Crippen molar-refractivity contribution in [2.45, 2.75) is 38.6 Å². The number of carbonyl (C=O) groups excluding carboxylic acids is 1. The monoisotopic (exact) mass is 377 g/mol. The van der Waals surface area contributed by atoms with E-state index in [1.165, 1.54) is 0 Å². The second kappa shape index (κ2) is 8.05. The van der Waals surface area contributed by atoms with E-state index < -0.39 is 0 Å². The van der Waals surface area contributed by atoms with Gasteiger partial charge in [-0.2, -0.15) is 0 Å². The molecule has 0 unspecified atom stereocenters. The maximum atomic E-state index is 12.6. The summed E-state index contributed by atoms with van der Waals surface area (Å²) in [6, 6.07) is 6.09. The van der Waals surface area contributed by atoms with Crippen LogP contribution in [0.15, 0.2) is 18.2 Å². The minimum Gasteiger partial charge on any atom is -0.493 e. The molecule has 3 heterocycles. The van der Waals surface area contributed by atoms with Crippen molar-refractivity contribution in [2.75, 3.05) is 25.0 Å². The van der Waals surface area contributed by atoms with Gasteiger partial charge in [0.15, 0.2) is 5.69 Å². The lowest BCUT2D eigenvalue weighted by Gasteiger charge is -2.23. The van der Waals surface area contributed by atoms with Crippen LogP contribution in [0.2, 0.25) is 0 Å². The van der Waals surface area contributed by atoms with Crippen molar-refractivity contribution in [1.82, 2.24) is 20.3 Å². The summed E-state index contributed by atoms with van der Waals surface area (Å²) in [5.74, 6) is 0.701. The molecule has 1 aromatic carbocycles. The first-order chi connectivity index (χ1) is 12.2. The van der Waals surface area contributed by atoms with Crippen LogP contribution >= 0.6 is 12.4 Å². The molecule has 0 saturated carbocycles. The molecule has 140 valence electrons. The van der Waals surface area contributed by atoms with Crippen molar-refractivity contribution in [3.63, 3.8) is 0 Å². The van der Waals surface area contributed by atoms with Crippen LogP contribution in [0.5, 0.6) is 5.75 Å². The van der Waals surface area contributed by atoms with Crippen molar-refractivity contribution in [1.29, 1.82) is 0 Å². The third kappa shape index (κ3) is 3.68. The number of ether oxygens (including phenoxy) is 1. The van der Waals surface area contributed by atoms with E-state index in [1.807, 2.05) is 29.8 Å².